The van der Waals surface area contributed by atoms with Crippen molar-refractivity contribution in [3.05, 3.63) is 167 Å². The summed E-state index contributed by atoms with van der Waals surface area (Å²) in [6, 6.07) is 52.4. The lowest BCUT2D eigenvalue weighted by atomic mass is 9.69. The third-order valence-corrected chi connectivity index (χ3v) is 9.34. The summed E-state index contributed by atoms with van der Waals surface area (Å²) in [6.45, 7) is 2.16. The van der Waals surface area contributed by atoms with Crippen molar-refractivity contribution in [1.82, 2.24) is 0 Å². The Bertz CT molecular complexity index is 2120. The molecule has 0 heterocycles. The largest absolute Gasteiger partial charge is 0.0731 e. The summed E-state index contributed by atoms with van der Waals surface area (Å²) in [5.74, 6) is 0. The highest BCUT2D eigenvalue weighted by atomic mass is 14.5. The van der Waals surface area contributed by atoms with Crippen LogP contribution in [0.2, 0.25) is 0 Å². The molecule has 0 saturated heterocycles. The fourth-order valence-corrected chi connectivity index (χ4v) is 7.75. The van der Waals surface area contributed by atoms with Crippen LogP contribution in [0.3, 0.4) is 0 Å². The fourth-order valence-electron chi connectivity index (χ4n) is 7.75. The summed E-state index contributed by atoms with van der Waals surface area (Å²) in [6.07, 6.45) is 0. The Morgan fingerprint density at radius 1 is 0.425 bits per heavy atom. The van der Waals surface area contributed by atoms with Crippen LogP contribution in [-0.4, -0.2) is 0 Å². The highest BCUT2D eigenvalue weighted by Crippen LogP contribution is 2.65. The number of hydrogen-bond donors (Lipinski definition) is 0. The highest BCUT2D eigenvalue weighted by Gasteiger charge is 2.53. The molecule has 0 saturated carbocycles. The molecule has 0 aliphatic heterocycles. The monoisotopic (exact) mass is 506 g/mol. The van der Waals surface area contributed by atoms with Gasteiger partial charge >= 0.3 is 0 Å². The molecule has 186 valence electrons. The highest BCUT2D eigenvalue weighted by molar-refractivity contribution is 6.14. The molecule has 0 unspecified atom stereocenters. The van der Waals surface area contributed by atoms with Crippen LogP contribution in [0.1, 0.15) is 27.8 Å². The number of hydrogen-bond acceptors (Lipinski definition) is 0. The van der Waals surface area contributed by atoms with E-state index in [0.717, 1.165) is 0 Å². The van der Waals surface area contributed by atoms with Crippen LogP contribution in [0.25, 0.3) is 54.9 Å². The van der Waals surface area contributed by atoms with Gasteiger partial charge in [-0.3, -0.25) is 0 Å². The smallest absolute Gasteiger partial charge is 0.0619 e. The molecule has 9 rings (SSSR count). The molecule has 0 fully saturated rings. The second-order valence-corrected chi connectivity index (χ2v) is 11.3. The van der Waals surface area contributed by atoms with Crippen molar-refractivity contribution >= 4 is 21.5 Å². The third-order valence-electron chi connectivity index (χ3n) is 9.34. The van der Waals surface area contributed by atoms with Gasteiger partial charge in [-0.1, -0.05) is 139 Å². The van der Waals surface area contributed by atoms with E-state index in [1.54, 1.807) is 0 Å². The molecule has 2 aliphatic rings. The quantitative estimate of drug-likeness (QED) is 0.208. The number of fused-ring (bicyclic) bond motifs is 14. The molecule has 0 N–H and O–H groups in total. The maximum absolute atomic E-state index is 2.52. The normalized spacial score (nSPS) is 13.8. The Labute approximate surface area is 234 Å². The van der Waals surface area contributed by atoms with E-state index in [0.29, 0.717) is 0 Å². The van der Waals surface area contributed by atoms with Crippen LogP contribution in [0, 0.1) is 6.92 Å². The molecule has 0 amide bonds. The van der Waals surface area contributed by atoms with E-state index in [4.69, 9.17) is 0 Å². The van der Waals surface area contributed by atoms with E-state index < -0.39 is 0 Å². The predicted molar refractivity (Wildman–Crippen MR) is 168 cm³/mol. The van der Waals surface area contributed by atoms with Gasteiger partial charge < -0.3 is 0 Å². The van der Waals surface area contributed by atoms with Crippen molar-refractivity contribution in [3.8, 4) is 33.4 Å². The zero-order chi connectivity index (χ0) is 26.4. The minimum Gasteiger partial charge on any atom is -0.0619 e. The van der Waals surface area contributed by atoms with Crippen LogP contribution in [0.5, 0.6) is 0 Å². The van der Waals surface area contributed by atoms with E-state index in [1.807, 2.05) is 0 Å². The molecule has 40 heavy (non-hydrogen) atoms. The van der Waals surface area contributed by atoms with Gasteiger partial charge in [0.2, 0.25) is 0 Å². The summed E-state index contributed by atoms with van der Waals surface area (Å²) in [4.78, 5) is 0. The fraction of sp³-hybridized carbons (Fsp3) is 0.0500. The summed E-state index contributed by atoms with van der Waals surface area (Å²) in [7, 11) is 0. The lowest BCUT2D eigenvalue weighted by Crippen LogP contribution is -2.26. The molecule has 0 heteroatoms. The van der Waals surface area contributed by atoms with Crippen molar-refractivity contribution in [2.45, 2.75) is 12.3 Å². The molecular formula is C40H26. The minimum absolute atomic E-state index is 0.387. The Balaban J connectivity index is 1.55. The molecule has 0 bridgehead atoms. The molecule has 7 aromatic rings. The maximum atomic E-state index is 2.52. The summed E-state index contributed by atoms with van der Waals surface area (Å²) in [5.41, 5.74) is 14.5. The standard InChI is InChI=1S/C40H26/c1-25-18-20-27(21-19-25)34-24-37-38(32-15-5-4-12-29(32)34)33-23-22-26-10-2-3-11-28(26)39(33)40(37)35-16-8-6-13-30(35)31-14-7-9-17-36(31)40/h2-24H,1H3. The van der Waals surface area contributed by atoms with Gasteiger partial charge in [0.15, 0.2) is 0 Å². The molecule has 0 atom stereocenters. The lowest BCUT2D eigenvalue weighted by Gasteiger charge is -2.32. The van der Waals surface area contributed by atoms with Crippen LogP contribution in [0.4, 0.5) is 0 Å². The minimum atomic E-state index is -0.387. The zero-order valence-electron chi connectivity index (χ0n) is 22.3. The summed E-state index contributed by atoms with van der Waals surface area (Å²) >= 11 is 0. The Morgan fingerprint density at radius 2 is 1.02 bits per heavy atom. The van der Waals surface area contributed by atoms with E-state index in [2.05, 4.69) is 146 Å². The van der Waals surface area contributed by atoms with Crippen LogP contribution >= 0.6 is 0 Å². The molecule has 0 nitrogen and oxygen atoms in total. The number of aryl methyl sites for hydroxylation is 1. The second-order valence-electron chi connectivity index (χ2n) is 11.3. The van der Waals surface area contributed by atoms with Crippen molar-refractivity contribution in [2.24, 2.45) is 0 Å². The van der Waals surface area contributed by atoms with Gasteiger partial charge in [-0.2, -0.15) is 0 Å². The molecule has 7 aromatic carbocycles. The SMILES string of the molecule is Cc1ccc(-c2cc3c(c4ccccc24)-c2ccc4ccccc4c2C32c3ccccc3-c3ccccc32)cc1. The van der Waals surface area contributed by atoms with Gasteiger partial charge in [-0.25, -0.2) is 0 Å². The molecule has 0 aromatic heterocycles. The van der Waals surface area contributed by atoms with Gasteiger partial charge in [-0.05, 0) is 90.2 Å². The average Bonchev–Trinajstić information content (AvgIpc) is 3.49. The Morgan fingerprint density at radius 3 is 1.75 bits per heavy atom. The van der Waals surface area contributed by atoms with Crippen LogP contribution in [-0.2, 0) is 5.41 Å². The van der Waals surface area contributed by atoms with Crippen molar-refractivity contribution in [3.63, 3.8) is 0 Å². The van der Waals surface area contributed by atoms with Crippen LogP contribution < -0.4 is 0 Å². The van der Waals surface area contributed by atoms with E-state index in [9.17, 15) is 0 Å². The zero-order valence-corrected chi connectivity index (χ0v) is 22.3. The topological polar surface area (TPSA) is 0 Å². The van der Waals surface area contributed by atoms with Crippen molar-refractivity contribution in [2.75, 3.05) is 0 Å². The van der Waals surface area contributed by atoms with E-state index >= 15 is 0 Å². The third kappa shape index (κ3) is 2.61. The van der Waals surface area contributed by atoms with Gasteiger partial charge in [-0.15, -0.1) is 0 Å². The lowest BCUT2D eigenvalue weighted by molar-refractivity contribution is 0.802. The molecule has 0 radical (unpaired) electrons. The first-order chi connectivity index (χ1) is 19.8. The summed E-state index contributed by atoms with van der Waals surface area (Å²) < 4.78 is 0. The van der Waals surface area contributed by atoms with Crippen molar-refractivity contribution < 1.29 is 0 Å². The number of benzene rings is 7. The molecule has 1 spiro atoms. The van der Waals surface area contributed by atoms with Crippen LogP contribution in [0.15, 0.2) is 140 Å². The second kappa shape index (κ2) is 7.81. The van der Waals surface area contributed by atoms with Gasteiger partial charge in [0.25, 0.3) is 0 Å². The first kappa shape index (κ1) is 21.9. The van der Waals surface area contributed by atoms with E-state index in [-0.39, 0.29) is 5.41 Å². The Hall–Kier alpha value is -4.94. The van der Waals surface area contributed by atoms with Gasteiger partial charge in [0.1, 0.15) is 0 Å². The first-order valence-electron chi connectivity index (χ1n) is 14.1. The predicted octanol–water partition coefficient (Wildman–Crippen LogP) is 10.3. The Kier molecular flexibility index (Phi) is 4.28. The summed E-state index contributed by atoms with van der Waals surface area (Å²) in [5, 5.41) is 5.26. The van der Waals surface area contributed by atoms with Gasteiger partial charge in [0, 0.05) is 0 Å². The maximum Gasteiger partial charge on any atom is 0.0731 e. The molecule has 2 aliphatic carbocycles. The first-order valence-corrected chi connectivity index (χ1v) is 14.1. The van der Waals surface area contributed by atoms with E-state index in [1.165, 1.54) is 82.7 Å². The molecular weight excluding hydrogens is 480 g/mol. The van der Waals surface area contributed by atoms with Gasteiger partial charge in [0.05, 0.1) is 5.41 Å². The average molecular weight is 507 g/mol. The number of rotatable bonds is 1. The van der Waals surface area contributed by atoms with Crippen molar-refractivity contribution in [1.29, 1.82) is 0 Å².